The van der Waals surface area contributed by atoms with Crippen molar-refractivity contribution in [2.24, 2.45) is 0 Å². The largest absolute Gasteiger partial charge is 1.00 e. The number of carbonyl (C=O) groups is 1. The quantitative estimate of drug-likeness (QED) is 0.346. The molecule has 0 aromatic heterocycles. The Balaban J connectivity index is -0.0000000233. The fourth-order valence-corrected chi connectivity index (χ4v) is 0. The van der Waals surface area contributed by atoms with E-state index >= 15 is 0 Å². The second-order valence-corrected chi connectivity index (χ2v) is 0.333. The Bertz CT molecular complexity index is 81.0. The SMILES string of the molecule is O=C([O-])[O-].O=C=O.[K+].[K+]. The van der Waals surface area contributed by atoms with Crippen LogP contribution in [0.4, 0.5) is 4.79 Å². The minimum Gasteiger partial charge on any atom is -0.652 e. The van der Waals surface area contributed by atoms with Crippen LogP contribution in [0.15, 0.2) is 0 Å². The molecule has 0 unspecified atom stereocenters. The van der Waals surface area contributed by atoms with Crippen LogP contribution in [0.1, 0.15) is 0 Å². The molecule has 0 fully saturated rings. The maximum atomic E-state index is 8.33. The van der Waals surface area contributed by atoms with Gasteiger partial charge in [0.1, 0.15) is 0 Å². The Hall–Kier alpha value is 1.92. The summed E-state index contributed by atoms with van der Waals surface area (Å²) in [6.45, 7) is 0. The average molecular weight is 182 g/mol. The van der Waals surface area contributed by atoms with E-state index in [1.807, 2.05) is 0 Å². The molecular weight excluding hydrogens is 182 g/mol. The van der Waals surface area contributed by atoms with Crippen molar-refractivity contribution in [2.45, 2.75) is 0 Å². The molecular formula is C2K2O5. The Labute approximate surface area is 136 Å². The molecule has 40 valence electrons. The molecule has 0 N–H and O–H groups in total. The molecule has 7 heteroatoms. The summed E-state index contributed by atoms with van der Waals surface area (Å²) in [6.07, 6.45) is -2.08. The van der Waals surface area contributed by atoms with Gasteiger partial charge in [0, 0.05) is 0 Å². The topological polar surface area (TPSA) is 97.3 Å². The first-order valence-corrected chi connectivity index (χ1v) is 1.02. The third-order valence-corrected chi connectivity index (χ3v) is 0. The van der Waals surface area contributed by atoms with Gasteiger partial charge in [0.15, 0.2) is 0 Å². The van der Waals surface area contributed by atoms with E-state index in [-0.39, 0.29) is 109 Å². The van der Waals surface area contributed by atoms with Gasteiger partial charge >= 0.3 is 109 Å². The summed E-state index contributed by atoms with van der Waals surface area (Å²) >= 11 is 0. The van der Waals surface area contributed by atoms with Crippen LogP contribution >= 0.6 is 0 Å². The van der Waals surface area contributed by atoms with Gasteiger partial charge in [0.05, 0.1) is 0 Å². The minimum absolute atomic E-state index is 0. The van der Waals surface area contributed by atoms with Crippen LogP contribution in [0.2, 0.25) is 0 Å². The second kappa shape index (κ2) is 22.5. The van der Waals surface area contributed by atoms with E-state index in [4.69, 9.17) is 24.6 Å². The molecule has 0 aliphatic rings. The van der Waals surface area contributed by atoms with Crippen molar-refractivity contribution >= 4 is 12.3 Å². The molecule has 0 bridgehead atoms. The summed E-state index contributed by atoms with van der Waals surface area (Å²) in [5, 5.41) is 16.7. The third kappa shape index (κ3) is 168. The zero-order chi connectivity index (χ0) is 6.28. The molecule has 0 saturated carbocycles. The van der Waals surface area contributed by atoms with Crippen molar-refractivity contribution in [3.8, 4) is 0 Å². The molecule has 0 aromatic rings. The Morgan fingerprint density at radius 1 is 1.11 bits per heavy atom. The zero-order valence-electron chi connectivity index (χ0n) is 5.04. The van der Waals surface area contributed by atoms with Crippen molar-refractivity contribution in [3.63, 3.8) is 0 Å². The zero-order valence-corrected chi connectivity index (χ0v) is 11.3. The van der Waals surface area contributed by atoms with Gasteiger partial charge in [-0.05, 0) is 6.16 Å². The van der Waals surface area contributed by atoms with Crippen molar-refractivity contribution in [1.29, 1.82) is 0 Å². The van der Waals surface area contributed by atoms with Crippen molar-refractivity contribution in [3.05, 3.63) is 0 Å². The summed E-state index contributed by atoms with van der Waals surface area (Å²) < 4.78 is 0. The number of carboxylic acid groups (broad SMARTS) is 2. The molecule has 0 heterocycles. The van der Waals surface area contributed by atoms with Gasteiger partial charge in [-0.2, -0.15) is 9.59 Å². The molecule has 0 saturated heterocycles. The van der Waals surface area contributed by atoms with E-state index in [9.17, 15) is 0 Å². The van der Waals surface area contributed by atoms with Crippen LogP contribution in [0, 0.1) is 0 Å². The van der Waals surface area contributed by atoms with Crippen LogP contribution in [-0.2, 0) is 9.59 Å². The van der Waals surface area contributed by atoms with Crippen molar-refractivity contribution in [2.75, 3.05) is 0 Å². The summed E-state index contributed by atoms with van der Waals surface area (Å²) in [5.74, 6) is 0. The van der Waals surface area contributed by atoms with Crippen LogP contribution in [0.25, 0.3) is 0 Å². The standard InChI is InChI=1S/CH2O3.CO2.2K/c2-1(3)4;2-1-3;;/h(H2,2,3,4);;;/q;;2*+1/p-2. The summed E-state index contributed by atoms with van der Waals surface area (Å²) in [6, 6.07) is 0. The second-order valence-electron chi connectivity index (χ2n) is 0.333. The Morgan fingerprint density at radius 3 is 1.11 bits per heavy atom. The predicted molar refractivity (Wildman–Crippen MR) is 10.4 cm³/mol. The first-order chi connectivity index (χ1) is 3.15. The average Bonchev–Trinajstić information content (AvgIpc) is 1.33. The van der Waals surface area contributed by atoms with Crippen molar-refractivity contribution < 1.29 is 127 Å². The molecule has 0 atom stereocenters. The number of rotatable bonds is 0. The van der Waals surface area contributed by atoms with Gasteiger partial charge < -0.3 is 15.0 Å². The molecule has 0 amide bonds. The maximum Gasteiger partial charge on any atom is 1.00 e. The smallest absolute Gasteiger partial charge is 0.652 e. The van der Waals surface area contributed by atoms with Gasteiger partial charge in [-0.1, -0.05) is 0 Å². The normalized spacial score (nSPS) is 3.56. The first kappa shape index (κ1) is 22.4. The maximum absolute atomic E-state index is 8.33. The minimum atomic E-state index is -2.33. The van der Waals surface area contributed by atoms with Gasteiger partial charge in [-0.25, -0.2) is 0 Å². The van der Waals surface area contributed by atoms with Crippen LogP contribution in [0.5, 0.6) is 0 Å². The van der Waals surface area contributed by atoms with E-state index in [1.54, 1.807) is 0 Å². The van der Waals surface area contributed by atoms with Crippen LogP contribution in [0.3, 0.4) is 0 Å². The van der Waals surface area contributed by atoms with Crippen LogP contribution < -0.4 is 113 Å². The van der Waals surface area contributed by atoms with Gasteiger partial charge in [0.25, 0.3) is 0 Å². The number of hydrogen-bond acceptors (Lipinski definition) is 5. The van der Waals surface area contributed by atoms with Crippen LogP contribution in [-0.4, -0.2) is 12.3 Å². The monoisotopic (exact) mass is 182 g/mol. The number of carbonyl (C=O) groups excluding carboxylic acids is 3. The van der Waals surface area contributed by atoms with E-state index in [0.29, 0.717) is 0 Å². The molecule has 5 nitrogen and oxygen atoms in total. The van der Waals surface area contributed by atoms with Crippen molar-refractivity contribution in [1.82, 2.24) is 0 Å². The Morgan fingerprint density at radius 2 is 1.11 bits per heavy atom. The molecule has 0 spiro atoms. The molecule has 9 heavy (non-hydrogen) atoms. The summed E-state index contributed by atoms with van der Waals surface area (Å²) in [4.78, 5) is 24.6. The fraction of sp³-hybridized carbons (Fsp3) is 0. The van der Waals surface area contributed by atoms with Gasteiger partial charge in [-0.3, -0.25) is 0 Å². The molecule has 0 aliphatic heterocycles. The predicted octanol–water partition coefficient (Wildman–Crippen LogP) is -9.02. The molecule has 0 aromatic carbocycles. The van der Waals surface area contributed by atoms with E-state index in [1.165, 1.54) is 0 Å². The van der Waals surface area contributed by atoms with E-state index < -0.39 is 6.16 Å². The molecule has 0 rings (SSSR count). The van der Waals surface area contributed by atoms with Gasteiger partial charge in [-0.15, -0.1) is 0 Å². The van der Waals surface area contributed by atoms with Gasteiger partial charge in [0.2, 0.25) is 0 Å². The summed E-state index contributed by atoms with van der Waals surface area (Å²) in [5.41, 5.74) is 0. The first-order valence-electron chi connectivity index (χ1n) is 1.02. The third-order valence-electron chi connectivity index (χ3n) is 0. The number of hydrogen-bond donors (Lipinski definition) is 0. The molecule has 0 radical (unpaired) electrons. The Kier molecular flexibility index (Phi) is 56.2. The fourth-order valence-electron chi connectivity index (χ4n) is 0. The van der Waals surface area contributed by atoms with E-state index in [0.717, 1.165) is 0 Å². The summed E-state index contributed by atoms with van der Waals surface area (Å²) in [7, 11) is 0. The van der Waals surface area contributed by atoms with E-state index in [2.05, 4.69) is 0 Å². The molecule has 0 aliphatic carbocycles.